The van der Waals surface area contributed by atoms with E-state index in [2.05, 4.69) is 39.2 Å². The van der Waals surface area contributed by atoms with Crippen LogP contribution in [-0.2, 0) is 19.4 Å². The van der Waals surface area contributed by atoms with Crippen molar-refractivity contribution in [3.8, 4) is 0 Å². The molecule has 0 saturated carbocycles. The fourth-order valence-electron chi connectivity index (χ4n) is 3.99. The molecule has 0 spiro atoms. The van der Waals surface area contributed by atoms with Gasteiger partial charge in [0.15, 0.2) is 5.76 Å². The van der Waals surface area contributed by atoms with Gasteiger partial charge in [0.25, 0.3) is 0 Å². The molecule has 2 aromatic rings. The Morgan fingerprint density at radius 2 is 1.91 bits per heavy atom. The summed E-state index contributed by atoms with van der Waals surface area (Å²) in [6.07, 6.45) is 3.76. The average Bonchev–Trinajstić information content (AvgIpc) is 3.00. The van der Waals surface area contributed by atoms with Gasteiger partial charge in [0.1, 0.15) is 0 Å². The molecule has 0 radical (unpaired) electrons. The quantitative estimate of drug-likeness (QED) is 0.872. The van der Waals surface area contributed by atoms with Crippen LogP contribution < -0.4 is 0 Å². The molecule has 1 unspecified atom stereocenters. The number of aromatic nitrogens is 1. The fraction of sp³-hybridized carbons (Fsp3) is 0.526. The standard InChI is InChI=1S/C19H25N3O/c1-15-12-19(23-20-15)14-21-8-10-22(11-9-21)18-7-6-16-4-2-3-5-17(16)13-18/h2-5,12,18H,6-11,13-14H2,1H3. The van der Waals surface area contributed by atoms with Crippen LogP contribution in [0.25, 0.3) is 0 Å². The summed E-state index contributed by atoms with van der Waals surface area (Å²) in [5, 5.41) is 3.98. The van der Waals surface area contributed by atoms with Crippen molar-refractivity contribution in [3.63, 3.8) is 0 Å². The number of hydrogen-bond donors (Lipinski definition) is 0. The number of nitrogens with zero attached hydrogens (tertiary/aromatic N) is 3. The summed E-state index contributed by atoms with van der Waals surface area (Å²) in [5.74, 6) is 0.988. The van der Waals surface area contributed by atoms with E-state index in [0.29, 0.717) is 0 Å². The largest absolute Gasteiger partial charge is 0.360 e. The molecule has 4 rings (SSSR count). The fourth-order valence-corrected chi connectivity index (χ4v) is 3.99. The molecule has 1 aliphatic carbocycles. The van der Waals surface area contributed by atoms with E-state index in [0.717, 1.165) is 37.1 Å². The Balaban J connectivity index is 1.32. The maximum atomic E-state index is 5.34. The Kier molecular flexibility index (Phi) is 4.19. The highest BCUT2D eigenvalue weighted by molar-refractivity contribution is 5.30. The highest BCUT2D eigenvalue weighted by atomic mass is 16.5. The summed E-state index contributed by atoms with van der Waals surface area (Å²) in [6.45, 7) is 7.45. The number of aryl methyl sites for hydroxylation is 2. The lowest BCUT2D eigenvalue weighted by molar-refractivity contribution is 0.0805. The Labute approximate surface area is 138 Å². The zero-order valence-electron chi connectivity index (χ0n) is 13.9. The molecule has 1 atom stereocenters. The third kappa shape index (κ3) is 3.33. The molecule has 1 fully saturated rings. The van der Waals surface area contributed by atoms with Crippen molar-refractivity contribution in [3.05, 3.63) is 52.9 Å². The number of rotatable bonds is 3. The number of fused-ring (bicyclic) bond motifs is 1. The van der Waals surface area contributed by atoms with Crippen LogP contribution in [0.15, 0.2) is 34.9 Å². The van der Waals surface area contributed by atoms with Crippen LogP contribution in [-0.4, -0.2) is 47.2 Å². The number of benzene rings is 1. The van der Waals surface area contributed by atoms with Crippen LogP contribution in [0.3, 0.4) is 0 Å². The van der Waals surface area contributed by atoms with Gasteiger partial charge >= 0.3 is 0 Å². The minimum absolute atomic E-state index is 0.722. The molecule has 23 heavy (non-hydrogen) atoms. The van der Waals surface area contributed by atoms with Gasteiger partial charge in [-0.05, 0) is 37.3 Å². The lowest BCUT2D eigenvalue weighted by Gasteiger charge is -2.40. The van der Waals surface area contributed by atoms with E-state index >= 15 is 0 Å². The van der Waals surface area contributed by atoms with E-state index in [9.17, 15) is 0 Å². The van der Waals surface area contributed by atoms with E-state index < -0.39 is 0 Å². The highest BCUT2D eigenvalue weighted by Gasteiger charge is 2.27. The van der Waals surface area contributed by atoms with E-state index in [1.165, 1.54) is 32.4 Å². The van der Waals surface area contributed by atoms with Crippen LogP contribution in [0.2, 0.25) is 0 Å². The molecule has 4 nitrogen and oxygen atoms in total. The van der Waals surface area contributed by atoms with Crippen LogP contribution in [0, 0.1) is 6.92 Å². The second kappa shape index (κ2) is 6.46. The molecule has 4 heteroatoms. The van der Waals surface area contributed by atoms with Gasteiger partial charge in [0.2, 0.25) is 0 Å². The third-order valence-electron chi connectivity index (χ3n) is 5.30. The van der Waals surface area contributed by atoms with E-state index in [4.69, 9.17) is 4.52 Å². The Hall–Kier alpha value is -1.65. The van der Waals surface area contributed by atoms with E-state index in [1.54, 1.807) is 11.1 Å². The zero-order chi connectivity index (χ0) is 15.6. The first-order chi connectivity index (χ1) is 11.3. The van der Waals surface area contributed by atoms with Crippen molar-refractivity contribution < 1.29 is 4.52 Å². The number of hydrogen-bond acceptors (Lipinski definition) is 4. The Morgan fingerprint density at radius 3 is 2.65 bits per heavy atom. The topological polar surface area (TPSA) is 32.5 Å². The molecule has 0 bridgehead atoms. The summed E-state index contributed by atoms with van der Waals surface area (Å²) in [5.41, 5.74) is 4.09. The third-order valence-corrected chi connectivity index (χ3v) is 5.30. The first kappa shape index (κ1) is 14.9. The highest BCUT2D eigenvalue weighted by Crippen LogP contribution is 2.25. The summed E-state index contributed by atoms with van der Waals surface area (Å²) in [7, 11) is 0. The van der Waals surface area contributed by atoms with Crippen LogP contribution in [0.5, 0.6) is 0 Å². The maximum Gasteiger partial charge on any atom is 0.150 e. The van der Waals surface area contributed by atoms with E-state index in [1.807, 2.05) is 13.0 Å². The minimum atomic E-state index is 0.722. The first-order valence-electron chi connectivity index (χ1n) is 8.73. The smallest absolute Gasteiger partial charge is 0.150 e. The normalized spacial score (nSPS) is 22.9. The molecule has 0 N–H and O–H groups in total. The minimum Gasteiger partial charge on any atom is -0.360 e. The molecule has 1 aromatic carbocycles. The monoisotopic (exact) mass is 311 g/mol. The molecule has 2 heterocycles. The van der Waals surface area contributed by atoms with Gasteiger partial charge in [0.05, 0.1) is 12.2 Å². The van der Waals surface area contributed by atoms with Crippen molar-refractivity contribution in [2.45, 2.75) is 38.8 Å². The van der Waals surface area contributed by atoms with Gasteiger partial charge in [-0.25, -0.2) is 0 Å². The average molecular weight is 311 g/mol. The van der Waals surface area contributed by atoms with Crippen LogP contribution >= 0.6 is 0 Å². The predicted molar refractivity (Wildman–Crippen MR) is 90.3 cm³/mol. The van der Waals surface area contributed by atoms with Crippen molar-refractivity contribution in [1.29, 1.82) is 0 Å². The molecule has 122 valence electrons. The van der Waals surface area contributed by atoms with Crippen LogP contribution in [0.4, 0.5) is 0 Å². The van der Waals surface area contributed by atoms with Crippen molar-refractivity contribution in [1.82, 2.24) is 15.0 Å². The molecule has 1 saturated heterocycles. The molecule has 1 aromatic heterocycles. The van der Waals surface area contributed by atoms with Gasteiger partial charge in [0, 0.05) is 38.3 Å². The lowest BCUT2D eigenvalue weighted by atomic mass is 9.87. The second-order valence-electron chi connectivity index (χ2n) is 6.91. The summed E-state index contributed by atoms with van der Waals surface area (Å²) in [4.78, 5) is 5.17. The molecule has 1 aliphatic heterocycles. The summed E-state index contributed by atoms with van der Waals surface area (Å²) < 4.78 is 5.34. The second-order valence-corrected chi connectivity index (χ2v) is 6.91. The SMILES string of the molecule is Cc1cc(CN2CCN(C3CCc4ccccc4C3)CC2)on1. The summed E-state index contributed by atoms with van der Waals surface area (Å²) >= 11 is 0. The molecular formula is C19H25N3O. The van der Waals surface area contributed by atoms with Crippen molar-refractivity contribution >= 4 is 0 Å². The molecule has 0 amide bonds. The lowest BCUT2D eigenvalue weighted by Crippen LogP contribution is -2.51. The van der Waals surface area contributed by atoms with Gasteiger partial charge in [-0.3, -0.25) is 9.80 Å². The van der Waals surface area contributed by atoms with Crippen molar-refractivity contribution in [2.24, 2.45) is 0 Å². The molecule has 2 aliphatic rings. The Bertz CT molecular complexity index is 658. The van der Waals surface area contributed by atoms with Gasteiger partial charge in [-0.15, -0.1) is 0 Å². The Morgan fingerprint density at radius 1 is 1.13 bits per heavy atom. The van der Waals surface area contributed by atoms with Crippen LogP contribution in [0.1, 0.15) is 29.0 Å². The predicted octanol–water partition coefficient (Wildman–Crippen LogP) is 2.66. The molecular weight excluding hydrogens is 286 g/mol. The van der Waals surface area contributed by atoms with Gasteiger partial charge < -0.3 is 4.52 Å². The summed E-state index contributed by atoms with van der Waals surface area (Å²) in [6, 6.07) is 11.7. The number of piperazine rings is 1. The van der Waals surface area contributed by atoms with E-state index in [-0.39, 0.29) is 0 Å². The first-order valence-corrected chi connectivity index (χ1v) is 8.73. The maximum absolute atomic E-state index is 5.34. The van der Waals surface area contributed by atoms with Gasteiger partial charge in [-0.2, -0.15) is 0 Å². The zero-order valence-corrected chi connectivity index (χ0v) is 13.9. The van der Waals surface area contributed by atoms with Crippen molar-refractivity contribution in [2.75, 3.05) is 26.2 Å². The van der Waals surface area contributed by atoms with Gasteiger partial charge in [-0.1, -0.05) is 29.4 Å².